The van der Waals surface area contributed by atoms with Crippen LogP contribution in [-0.4, -0.2) is 19.5 Å². The topological polar surface area (TPSA) is 69.6 Å². The van der Waals surface area contributed by atoms with Crippen molar-refractivity contribution in [1.82, 2.24) is 19.5 Å². The molecule has 2 N–H and O–H groups in total. The van der Waals surface area contributed by atoms with Crippen LogP contribution >= 0.6 is 0 Å². The summed E-state index contributed by atoms with van der Waals surface area (Å²) in [6, 6.07) is 1.72. The van der Waals surface area contributed by atoms with Crippen LogP contribution in [0.2, 0.25) is 0 Å². The SMILES string of the molecule is Cc1cn(-c2cc(N)nc(C)n2)cn1. The molecule has 0 saturated heterocycles. The smallest absolute Gasteiger partial charge is 0.143 e. The zero-order valence-electron chi connectivity index (χ0n) is 8.10. The Labute approximate surface area is 81.6 Å². The minimum Gasteiger partial charge on any atom is -0.384 e. The van der Waals surface area contributed by atoms with Crippen molar-refractivity contribution in [3.05, 3.63) is 30.1 Å². The van der Waals surface area contributed by atoms with Crippen molar-refractivity contribution in [2.45, 2.75) is 13.8 Å². The van der Waals surface area contributed by atoms with Gasteiger partial charge in [0.2, 0.25) is 0 Å². The molecule has 0 radical (unpaired) electrons. The van der Waals surface area contributed by atoms with Crippen LogP contribution in [0.4, 0.5) is 5.82 Å². The number of anilines is 1. The summed E-state index contributed by atoms with van der Waals surface area (Å²) in [4.78, 5) is 12.4. The van der Waals surface area contributed by atoms with E-state index < -0.39 is 0 Å². The first kappa shape index (κ1) is 8.68. The third-order valence-electron chi connectivity index (χ3n) is 1.82. The van der Waals surface area contributed by atoms with Crippen LogP contribution in [0.3, 0.4) is 0 Å². The van der Waals surface area contributed by atoms with E-state index in [2.05, 4.69) is 15.0 Å². The van der Waals surface area contributed by atoms with Gasteiger partial charge in [-0.05, 0) is 13.8 Å². The predicted octanol–water partition coefficient (Wildman–Crippen LogP) is 0.861. The third-order valence-corrected chi connectivity index (χ3v) is 1.82. The van der Waals surface area contributed by atoms with Gasteiger partial charge in [0.25, 0.3) is 0 Å². The lowest BCUT2D eigenvalue weighted by atomic mass is 10.5. The van der Waals surface area contributed by atoms with Gasteiger partial charge in [0.05, 0.1) is 5.69 Å². The van der Waals surface area contributed by atoms with Gasteiger partial charge in [-0.1, -0.05) is 0 Å². The van der Waals surface area contributed by atoms with E-state index >= 15 is 0 Å². The van der Waals surface area contributed by atoms with Gasteiger partial charge in [-0.15, -0.1) is 0 Å². The Kier molecular flexibility index (Phi) is 1.92. The average Bonchev–Trinajstić information content (AvgIpc) is 2.50. The van der Waals surface area contributed by atoms with Crippen molar-refractivity contribution < 1.29 is 0 Å². The Morgan fingerprint density at radius 3 is 2.64 bits per heavy atom. The van der Waals surface area contributed by atoms with Gasteiger partial charge < -0.3 is 5.73 Å². The molecule has 0 atom stereocenters. The number of nitrogens with two attached hydrogens (primary N) is 1. The number of nitrogen functional groups attached to an aromatic ring is 1. The largest absolute Gasteiger partial charge is 0.384 e. The van der Waals surface area contributed by atoms with Gasteiger partial charge in [0, 0.05) is 12.3 Å². The summed E-state index contributed by atoms with van der Waals surface area (Å²) in [5.41, 5.74) is 6.56. The molecular formula is C9H11N5. The van der Waals surface area contributed by atoms with Crippen molar-refractivity contribution in [3.8, 4) is 5.82 Å². The predicted molar refractivity (Wildman–Crippen MR) is 53.0 cm³/mol. The maximum Gasteiger partial charge on any atom is 0.143 e. The minimum atomic E-state index is 0.471. The number of rotatable bonds is 1. The number of hydrogen-bond donors (Lipinski definition) is 1. The van der Waals surface area contributed by atoms with E-state index in [-0.39, 0.29) is 0 Å². The maximum atomic E-state index is 5.62. The van der Waals surface area contributed by atoms with Crippen molar-refractivity contribution in [2.24, 2.45) is 0 Å². The zero-order valence-corrected chi connectivity index (χ0v) is 8.10. The highest BCUT2D eigenvalue weighted by atomic mass is 15.1. The number of hydrogen-bond acceptors (Lipinski definition) is 4. The molecule has 0 aliphatic rings. The lowest BCUT2D eigenvalue weighted by molar-refractivity contribution is 0.941. The second-order valence-corrected chi connectivity index (χ2v) is 3.12. The fraction of sp³-hybridized carbons (Fsp3) is 0.222. The van der Waals surface area contributed by atoms with E-state index in [1.807, 2.05) is 24.6 Å². The summed E-state index contributed by atoms with van der Waals surface area (Å²) >= 11 is 0. The van der Waals surface area contributed by atoms with Crippen LogP contribution < -0.4 is 5.73 Å². The second kappa shape index (κ2) is 3.10. The highest BCUT2D eigenvalue weighted by molar-refractivity contribution is 5.37. The van der Waals surface area contributed by atoms with Gasteiger partial charge in [-0.25, -0.2) is 15.0 Å². The summed E-state index contributed by atoms with van der Waals surface area (Å²) in [6.45, 7) is 3.73. The standard InChI is InChI=1S/C9H11N5/c1-6-4-14(5-11-6)9-3-8(10)12-7(2)13-9/h3-5H,1-2H3,(H2,10,12,13). The van der Waals surface area contributed by atoms with Gasteiger partial charge >= 0.3 is 0 Å². The molecule has 0 fully saturated rings. The highest BCUT2D eigenvalue weighted by Gasteiger charge is 2.01. The van der Waals surface area contributed by atoms with Crippen LogP contribution in [0, 0.1) is 13.8 Å². The number of aryl methyl sites for hydroxylation is 2. The maximum absolute atomic E-state index is 5.62. The molecule has 2 aromatic rings. The van der Waals surface area contributed by atoms with Crippen LogP contribution in [-0.2, 0) is 0 Å². The normalized spacial score (nSPS) is 10.4. The molecule has 0 aliphatic carbocycles. The van der Waals surface area contributed by atoms with Crippen molar-refractivity contribution in [3.63, 3.8) is 0 Å². The molecule has 2 aromatic heterocycles. The zero-order chi connectivity index (χ0) is 10.1. The van der Waals surface area contributed by atoms with Crippen molar-refractivity contribution in [2.75, 3.05) is 5.73 Å². The molecule has 72 valence electrons. The molecule has 2 heterocycles. The summed E-state index contributed by atoms with van der Waals surface area (Å²) < 4.78 is 1.82. The Bertz CT molecular complexity index is 440. The lowest BCUT2D eigenvalue weighted by Gasteiger charge is -2.02. The van der Waals surface area contributed by atoms with Crippen LogP contribution in [0.1, 0.15) is 11.5 Å². The number of aromatic nitrogens is 4. The fourth-order valence-corrected chi connectivity index (χ4v) is 1.25. The van der Waals surface area contributed by atoms with Crippen molar-refractivity contribution in [1.29, 1.82) is 0 Å². The second-order valence-electron chi connectivity index (χ2n) is 3.12. The molecule has 0 bridgehead atoms. The van der Waals surface area contributed by atoms with Gasteiger partial charge in [-0.3, -0.25) is 4.57 Å². The molecule has 0 spiro atoms. The lowest BCUT2D eigenvalue weighted by Crippen LogP contribution is -2.01. The number of nitrogens with zero attached hydrogens (tertiary/aromatic N) is 4. The minimum absolute atomic E-state index is 0.471. The first-order valence-corrected chi connectivity index (χ1v) is 4.27. The first-order valence-electron chi connectivity index (χ1n) is 4.27. The molecular weight excluding hydrogens is 178 g/mol. The van der Waals surface area contributed by atoms with Crippen LogP contribution in [0.5, 0.6) is 0 Å². The van der Waals surface area contributed by atoms with E-state index in [1.165, 1.54) is 0 Å². The van der Waals surface area contributed by atoms with E-state index in [9.17, 15) is 0 Å². The molecule has 0 aromatic carbocycles. The number of imidazole rings is 1. The molecule has 2 rings (SSSR count). The summed E-state index contributed by atoms with van der Waals surface area (Å²) in [5.74, 6) is 1.88. The first-order chi connectivity index (χ1) is 6.65. The van der Waals surface area contributed by atoms with E-state index in [1.54, 1.807) is 12.4 Å². The molecule has 0 amide bonds. The Hall–Kier alpha value is -1.91. The van der Waals surface area contributed by atoms with Crippen LogP contribution in [0.15, 0.2) is 18.6 Å². The summed E-state index contributed by atoms with van der Waals surface area (Å²) in [6.07, 6.45) is 3.60. The molecule has 0 aliphatic heterocycles. The van der Waals surface area contributed by atoms with Gasteiger partial charge in [-0.2, -0.15) is 0 Å². The van der Waals surface area contributed by atoms with E-state index in [0.717, 1.165) is 11.5 Å². The molecule has 0 saturated carbocycles. The average molecular weight is 189 g/mol. The monoisotopic (exact) mass is 189 g/mol. The Morgan fingerprint density at radius 1 is 1.29 bits per heavy atom. The van der Waals surface area contributed by atoms with Crippen molar-refractivity contribution >= 4 is 5.82 Å². The molecule has 14 heavy (non-hydrogen) atoms. The fourth-order valence-electron chi connectivity index (χ4n) is 1.25. The quantitative estimate of drug-likeness (QED) is 0.722. The molecule has 0 unspecified atom stereocenters. The molecule has 5 nitrogen and oxygen atoms in total. The summed E-state index contributed by atoms with van der Waals surface area (Å²) in [7, 11) is 0. The van der Waals surface area contributed by atoms with E-state index in [0.29, 0.717) is 11.6 Å². The highest BCUT2D eigenvalue weighted by Crippen LogP contribution is 2.08. The Balaban J connectivity index is 2.51. The summed E-state index contributed by atoms with van der Waals surface area (Å²) in [5, 5.41) is 0. The third kappa shape index (κ3) is 1.56. The molecule has 5 heteroatoms. The van der Waals surface area contributed by atoms with E-state index in [4.69, 9.17) is 5.73 Å². The Morgan fingerprint density at radius 2 is 2.07 bits per heavy atom. The van der Waals surface area contributed by atoms with Crippen LogP contribution in [0.25, 0.3) is 5.82 Å². The van der Waals surface area contributed by atoms with Gasteiger partial charge in [0.15, 0.2) is 0 Å². The van der Waals surface area contributed by atoms with Gasteiger partial charge in [0.1, 0.15) is 23.8 Å².